The number of benzene rings is 4. The molecule has 5 nitrogen and oxygen atoms in total. The standard InChI is InChI=1S/C28H19NO4/c1-16-7-5-9-18(13-16)31-22-15-23(32-19-10-6-8-17(2)14-19)26-25-24(22)27(30)20-11-3-4-12-21(20)28(25)33-29-26/h3-15H,1-2H3. The summed E-state index contributed by atoms with van der Waals surface area (Å²) in [6, 6.07) is 24.5. The third-order valence-electron chi connectivity index (χ3n) is 5.76. The van der Waals surface area contributed by atoms with Crippen LogP contribution in [0.3, 0.4) is 0 Å². The van der Waals surface area contributed by atoms with Crippen molar-refractivity contribution in [2.24, 2.45) is 0 Å². The fourth-order valence-electron chi connectivity index (χ4n) is 4.27. The molecule has 0 amide bonds. The van der Waals surface area contributed by atoms with Gasteiger partial charge < -0.3 is 14.0 Å². The normalized spacial score (nSPS) is 12.0. The predicted molar refractivity (Wildman–Crippen MR) is 125 cm³/mol. The van der Waals surface area contributed by atoms with Crippen LogP contribution in [0, 0.1) is 13.8 Å². The highest BCUT2D eigenvalue weighted by atomic mass is 16.5. The molecule has 0 atom stereocenters. The molecule has 0 radical (unpaired) electrons. The van der Waals surface area contributed by atoms with Gasteiger partial charge >= 0.3 is 0 Å². The van der Waals surface area contributed by atoms with Gasteiger partial charge in [-0.2, -0.15) is 0 Å². The molecule has 1 heterocycles. The Labute approximate surface area is 190 Å². The molecule has 1 aliphatic rings. The van der Waals surface area contributed by atoms with E-state index >= 15 is 0 Å². The van der Waals surface area contributed by atoms with Crippen LogP contribution in [0.2, 0.25) is 0 Å². The van der Waals surface area contributed by atoms with Gasteiger partial charge in [0.25, 0.3) is 0 Å². The van der Waals surface area contributed by atoms with Gasteiger partial charge in [-0.1, -0.05) is 53.7 Å². The zero-order chi connectivity index (χ0) is 22.5. The van der Waals surface area contributed by atoms with E-state index in [0.717, 1.165) is 11.1 Å². The van der Waals surface area contributed by atoms with Gasteiger partial charge in [0, 0.05) is 17.2 Å². The summed E-state index contributed by atoms with van der Waals surface area (Å²) in [7, 11) is 0. The molecule has 160 valence electrons. The topological polar surface area (TPSA) is 61.6 Å². The number of hydrogen-bond acceptors (Lipinski definition) is 5. The van der Waals surface area contributed by atoms with E-state index in [-0.39, 0.29) is 5.78 Å². The Balaban J connectivity index is 1.60. The lowest BCUT2D eigenvalue weighted by Gasteiger charge is -2.19. The summed E-state index contributed by atoms with van der Waals surface area (Å²) in [6.07, 6.45) is 0. The van der Waals surface area contributed by atoms with Crippen LogP contribution in [0.4, 0.5) is 0 Å². The third kappa shape index (κ3) is 3.17. The number of nitrogens with zero attached hydrogens (tertiary/aromatic N) is 1. The lowest BCUT2D eigenvalue weighted by atomic mass is 9.87. The number of carbonyl (C=O) groups is 1. The van der Waals surface area contributed by atoms with Crippen LogP contribution in [0.15, 0.2) is 83.4 Å². The minimum atomic E-state index is -0.129. The van der Waals surface area contributed by atoms with Crippen LogP contribution in [0.5, 0.6) is 23.0 Å². The van der Waals surface area contributed by atoms with Crippen molar-refractivity contribution in [3.8, 4) is 34.3 Å². The molecule has 6 rings (SSSR count). The molecule has 5 aromatic rings. The summed E-state index contributed by atoms with van der Waals surface area (Å²) in [5.74, 6) is 2.58. The minimum Gasteiger partial charge on any atom is -0.456 e. The zero-order valence-corrected chi connectivity index (χ0v) is 18.1. The van der Waals surface area contributed by atoms with Gasteiger partial charge in [0.1, 0.15) is 17.2 Å². The Bertz CT molecular complexity index is 1560. The molecule has 0 saturated carbocycles. The molecular weight excluding hydrogens is 414 g/mol. The van der Waals surface area contributed by atoms with Crippen molar-refractivity contribution < 1.29 is 18.8 Å². The first-order valence-electron chi connectivity index (χ1n) is 10.7. The van der Waals surface area contributed by atoms with Gasteiger partial charge in [-0.25, -0.2) is 0 Å². The highest BCUT2D eigenvalue weighted by molar-refractivity contribution is 6.26. The second-order valence-electron chi connectivity index (χ2n) is 8.19. The molecule has 0 N–H and O–H groups in total. The van der Waals surface area contributed by atoms with Gasteiger partial charge in [0.2, 0.25) is 0 Å². The second-order valence-corrected chi connectivity index (χ2v) is 8.19. The van der Waals surface area contributed by atoms with E-state index in [1.54, 1.807) is 12.1 Å². The van der Waals surface area contributed by atoms with Gasteiger partial charge in [-0.15, -0.1) is 0 Å². The number of ketones is 1. The van der Waals surface area contributed by atoms with Crippen molar-refractivity contribution in [2.75, 3.05) is 0 Å². The largest absolute Gasteiger partial charge is 0.456 e. The van der Waals surface area contributed by atoms with Gasteiger partial charge in [0.05, 0.1) is 10.9 Å². The summed E-state index contributed by atoms with van der Waals surface area (Å²) in [6.45, 7) is 3.99. The van der Waals surface area contributed by atoms with Gasteiger partial charge in [-0.3, -0.25) is 4.79 Å². The van der Waals surface area contributed by atoms with Crippen molar-refractivity contribution in [3.63, 3.8) is 0 Å². The molecule has 0 saturated heterocycles. The summed E-state index contributed by atoms with van der Waals surface area (Å²) in [5, 5.41) is 4.90. The molecule has 0 bridgehead atoms. The Morgan fingerprint density at radius 1 is 0.727 bits per heavy atom. The number of aromatic nitrogens is 1. The molecule has 0 aliphatic heterocycles. The van der Waals surface area contributed by atoms with Gasteiger partial charge in [-0.05, 0) is 49.2 Å². The Morgan fingerprint density at radius 2 is 1.36 bits per heavy atom. The van der Waals surface area contributed by atoms with E-state index < -0.39 is 0 Å². The van der Waals surface area contributed by atoms with Crippen LogP contribution >= 0.6 is 0 Å². The maximum absolute atomic E-state index is 13.6. The zero-order valence-electron chi connectivity index (χ0n) is 18.1. The number of aryl methyl sites for hydroxylation is 2. The first kappa shape index (κ1) is 19.3. The van der Waals surface area contributed by atoms with E-state index in [1.165, 1.54) is 0 Å². The molecule has 1 aliphatic carbocycles. The second kappa shape index (κ2) is 7.35. The smallest absolute Gasteiger partial charge is 0.198 e. The first-order chi connectivity index (χ1) is 16.1. The average molecular weight is 433 g/mol. The van der Waals surface area contributed by atoms with E-state index in [2.05, 4.69) is 5.16 Å². The van der Waals surface area contributed by atoms with Crippen molar-refractivity contribution in [1.29, 1.82) is 0 Å². The summed E-state index contributed by atoms with van der Waals surface area (Å²) in [5.41, 5.74) is 4.32. The predicted octanol–water partition coefficient (Wildman–Crippen LogP) is 7.24. The molecule has 1 aromatic heterocycles. The molecular formula is C28H19NO4. The molecule has 0 fully saturated rings. The number of rotatable bonds is 4. The minimum absolute atomic E-state index is 0.129. The Hall–Kier alpha value is -4.38. The lowest BCUT2D eigenvalue weighted by Crippen LogP contribution is -2.10. The van der Waals surface area contributed by atoms with Crippen molar-refractivity contribution in [2.45, 2.75) is 13.8 Å². The SMILES string of the molecule is Cc1cccc(Oc2cc(Oc3cccc(C)c3)c3noc4c3c2C(=O)c2ccccc2-4)c1. The fraction of sp³-hybridized carbons (Fsp3) is 0.0714. The quantitative estimate of drug-likeness (QED) is 0.293. The number of fused-ring (bicyclic) bond motifs is 2. The van der Waals surface area contributed by atoms with E-state index in [9.17, 15) is 4.79 Å². The van der Waals surface area contributed by atoms with E-state index in [1.807, 2.05) is 80.6 Å². The van der Waals surface area contributed by atoms with Crippen LogP contribution < -0.4 is 9.47 Å². The molecule has 0 unspecified atom stereocenters. The van der Waals surface area contributed by atoms with E-state index in [0.29, 0.717) is 56.4 Å². The van der Waals surface area contributed by atoms with Crippen molar-refractivity contribution >= 4 is 16.7 Å². The van der Waals surface area contributed by atoms with Crippen molar-refractivity contribution in [3.05, 3.63) is 101 Å². The van der Waals surface area contributed by atoms with Gasteiger partial charge in [0.15, 0.2) is 22.8 Å². The average Bonchev–Trinajstić information content (AvgIpc) is 3.24. The lowest BCUT2D eigenvalue weighted by molar-refractivity contribution is 0.103. The number of ether oxygens (including phenoxy) is 2. The summed E-state index contributed by atoms with van der Waals surface area (Å²) >= 11 is 0. The highest BCUT2D eigenvalue weighted by Crippen LogP contribution is 2.48. The maximum atomic E-state index is 13.6. The highest BCUT2D eigenvalue weighted by Gasteiger charge is 2.34. The fourth-order valence-corrected chi connectivity index (χ4v) is 4.27. The molecule has 4 aromatic carbocycles. The molecule has 5 heteroatoms. The monoisotopic (exact) mass is 433 g/mol. The van der Waals surface area contributed by atoms with E-state index in [4.69, 9.17) is 14.0 Å². The summed E-state index contributed by atoms with van der Waals surface area (Å²) in [4.78, 5) is 13.6. The molecule has 0 spiro atoms. The molecule has 33 heavy (non-hydrogen) atoms. The van der Waals surface area contributed by atoms with Crippen LogP contribution in [0.25, 0.3) is 22.2 Å². The Morgan fingerprint density at radius 3 is 2.03 bits per heavy atom. The Kier molecular flexibility index (Phi) is 4.30. The van der Waals surface area contributed by atoms with Crippen molar-refractivity contribution in [1.82, 2.24) is 5.16 Å². The maximum Gasteiger partial charge on any atom is 0.198 e. The van der Waals surface area contributed by atoms with Crippen LogP contribution in [-0.2, 0) is 0 Å². The third-order valence-corrected chi connectivity index (χ3v) is 5.76. The van der Waals surface area contributed by atoms with Crippen LogP contribution in [-0.4, -0.2) is 10.9 Å². The number of carbonyl (C=O) groups excluding carboxylic acids is 1. The first-order valence-corrected chi connectivity index (χ1v) is 10.7. The number of hydrogen-bond donors (Lipinski definition) is 0. The van der Waals surface area contributed by atoms with Crippen LogP contribution in [0.1, 0.15) is 27.0 Å². The summed E-state index contributed by atoms with van der Waals surface area (Å²) < 4.78 is 18.2.